The fourth-order valence-corrected chi connectivity index (χ4v) is 3.86. The molecule has 4 atom stereocenters. The number of carbonyl (C=O) groups is 3. The van der Waals surface area contributed by atoms with Gasteiger partial charge in [-0.15, -0.1) is 0 Å². The van der Waals surface area contributed by atoms with Crippen molar-refractivity contribution in [2.24, 2.45) is 17.8 Å². The molecule has 3 aliphatic rings. The minimum atomic E-state index is -0.787. The zero-order valence-electron chi connectivity index (χ0n) is 9.81. The Bertz CT molecular complexity index is 407. The SMILES string of the molecule is C[C@@H]([C@H]1C[C@@H]2CC[C@@H]1C2)N1C(=O)NC(=O)C1=O. The van der Waals surface area contributed by atoms with Gasteiger partial charge < -0.3 is 0 Å². The second-order valence-electron chi connectivity index (χ2n) is 5.51. The molecule has 3 fully saturated rings. The smallest absolute Gasteiger partial charge is 0.269 e. The van der Waals surface area contributed by atoms with E-state index in [1.807, 2.05) is 6.92 Å². The Morgan fingerprint density at radius 1 is 1.24 bits per heavy atom. The fraction of sp³-hybridized carbons (Fsp3) is 0.750. The zero-order chi connectivity index (χ0) is 12.2. The van der Waals surface area contributed by atoms with Crippen molar-refractivity contribution in [3.8, 4) is 0 Å². The highest BCUT2D eigenvalue weighted by Gasteiger charge is 2.48. The average Bonchev–Trinajstić information content (AvgIpc) is 2.94. The van der Waals surface area contributed by atoms with E-state index < -0.39 is 17.8 Å². The van der Waals surface area contributed by atoms with Gasteiger partial charge in [0.05, 0.1) is 0 Å². The van der Waals surface area contributed by atoms with Gasteiger partial charge in [0.15, 0.2) is 0 Å². The van der Waals surface area contributed by atoms with Gasteiger partial charge in [0.1, 0.15) is 0 Å². The van der Waals surface area contributed by atoms with E-state index in [4.69, 9.17) is 0 Å². The summed E-state index contributed by atoms with van der Waals surface area (Å²) in [5.41, 5.74) is 0. The Balaban J connectivity index is 1.78. The first kappa shape index (κ1) is 10.7. The Morgan fingerprint density at radius 3 is 2.47 bits per heavy atom. The quantitative estimate of drug-likeness (QED) is 0.572. The number of imide groups is 2. The summed E-state index contributed by atoms with van der Waals surface area (Å²) in [6.07, 6.45) is 4.81. The lowest BCUT2D eigenvalue weighted by molar-refractivity contribution is -0.141. The molecule has 4 amide bonds. The van der Waals surface area contributed by atoms with Crippen molar-refractivity contribution < 1.29 is 14.4 Å². The third kappa shape index (κ3) is 1.48. The van der Waals surface area contributed by atoms with Crippen molar-refractivity contribution in [3.63, 3.8) is 0 Å². The number of hydrogen-bond donors (Lipinski definition) is 1. The molecule has 92 valence electrons. The summed E-state index contributed by atoms with van der Waals surface area (Å²) in [5, 5.41) is 2.06. The second kappa shape index (κ2) is 3.55. The Hall–Kier alpha value is -1.39. The summed E-state index contributed by atoms with van der Waals surface area (Å²) in [7, 11) is 0. The van der Waals surface area contributed by atoms with Crippen LogP contribution in [0.4, 0.5) is 4.79 Å². The lowest BCUT2D eigenvalue weighted by Gasteiger charge is -2.32. The van der Waals surface area contributed by atoms with Crippen LogP contribution in [-0.4, -0.2) is 28.8 Å². The highest BCUT2D eigenvalue weighted by Crippen LogP contribution is 2.50. The van der Waals surface area contributed by atoms with Gasteiger partial charge in [-0.2, -0.15) is 0 Å². The van der Waals surface area contributed by atoms with E-state index in [0.29, 0.717) is 11.8 Å². The molecule has 0 aromatic heterocycles. The average molecular weight is 236 g/mol. The maximum atomic E-state index is 11.6. The number of carbonyl (C=O) groups excluding carboxylic acids is 3. The summed E-state index contributed by atoms with van der Waals surface area (Å²) < 4.78 is 0. The molecule has 5 heteroatoms. The first-order chi connectivity index (χ1) is 8.08. The van der Waals surface area contributed by atoms with Gasteiger partial charge in [0, 0.05) is 6.04 Å². The van der Waals surface area contributed by atoms with E-state index in [2.05, 4.69) is 5.32 Å². The lowest BCUT2D eigenvalue weighted by Crippen LogP contribution is -2.44. The van der Waals surface area contributed by atoms with Gasteiger partial charge in [-0.1, -0.05) is 6.42 Å². The van der Waals surface area contributed by atoms with Gasteiger partial charge in [0.25, 0.3) is 0 Å². The largest absolute Gasteiger partial charge is 0.331 e. The summed E-state index contributed by atoms with van der Waals surface area (Å²) in [4.78, 5) is 35.5. The molecule has 2 aliphatic carbocycles. The summed E-state index contributed by atoms with van der Waals surface area (Å²) in [6, 6.07) is -0.695. The molecule has 2 saturated carbocycles. The van der Waals surface area contributed by atoms with E-state index in [1.54, 1.807) is 0 Å². The highest BCUT2D eigenvalue weighted by molar-refractivity contribution is 6.44. The minimum Gasteiger partial charge on any atom is -0.269 e. The van der Waals surface area contributed by atoms with Crippen molar-refractivity contribution in [3.05, 3.63) is 0 Å². The van der Waals surface area contributed by atoms with Gasteiger partial charge in [-0.05, 0) is 43.9 Å². The topological polar surface area (TPSA) is 66.5 Å². The molecule has 2 bridgehead atoms. The fourth-order valence-electron chi connectivity index (χ4n) is 3.86. The van der Waals surface area contributed by atoms with Crippen LogP contribution in [0.5, 0.6) is 0 Å². The highest BCUT2D eigenvalue weighted by atomic mass is 16.2. The Kier molecular flexibility index (Phi) is 2.24. The molecule has 0 spiro atoms. The molecule has 0 aromatic rings. The summed E-state index contributed by atoms with van der Waals surface area (Å²) >= 11 is 0. The van der Waals surface area contributed by atoms with Crippen LogP contribution in [0.2, 0.25) is 0 Å². The van der Waals surface area contributed by atoms with Crippen LogP contribution in [0.25, 0.3) is 0 Å². The van der Waals surface area contributed by atoms with Crippen LogP contribution in [0, 0.1) is 17.8 Å². The molecule has 5 nitrogen and oxygen atoms in total. The molecule has 0 aromatic carbocycles. The molecular weight excluding hydrogens is 220 g/mol. The Morgan fingerprint density at radius 2 is 2.00 bits per heavy atom. The number of urea groups is 1. The van der Waals surface area contributed by atoms with E-state index in [9.17, 15) is 14.4 Å². The normalized spacial score (nSPS) is 37.8. The molecule has 0 unspecified atom stereocenters. The first-order valence-corrected chi connectivity index (χ1v) is 6.26. The molecule has 17 heavy (non-hydrogen) atoms. The molecule has 1 saturated heterocycles. The maximum absolute atomic E-state index is 11.6. The van der Waals surface area contributed by atoms with E-state index in [0.717, 1.165) is 17.2 Å². The van der Waals surface area contributed by atoms with Crippen LogP contribution >= 0.6 is 0 Å². The molecule has 1 aliphatic heterocycles. The van der Waals surface area contributed by atoms with Crippen LogP contribution in [-0.2, 0) is 9.59 Å². The van der Waals surface area contributed by atoms with Crippen LogP contribution < -0.4 is 5.32 Å². The number of nitrogens with zero attached hydrogens (tertiary/aromatic N) is 1. The number of hydrogen-bond acceptors (Lipinski definition) is 3. The third-order valence-corrected chi connectivity index (χ3v) is 4.67. The zero-order valence-corrected chi connectivity index (χ0v) is 9.81. The molecule has 1 heterocycles. The monoisotopic (exact) mass is 236 g/mol. The molecular formula is C12H16N2O3. The third-order valence-electron chi connectivity index (χ3n) is 4.67. The van der Waals surface area contributed by atoms with Gasteiger partial charge in [0.2, 0.25) is 0 Å². The number of amides is 4. The van der Waals surface area contributed by atoms with E-state index in [-0.39, 0.29) is 6.04 Å². The lowest BCUT2D eigenvalue weighted by atomic mass is 9.83. The second-order valence-corrected chi connectivity index (χ2v) is 5.51. The number of fused-ring (bicyclic) bond motifs is 2. The van der Waals surface area contributed by atoms with Gasteiger partial charge in [-0.25, -0.2) is 4.79 Å². The first-order valence-electron chi connectivity index (χ1n) is 6.26. The molecule has 0 radical (unpaired) electrons. The predicted octanol–water partition coefficient (Wildman–Crippen LogP) is 0.889. The summed E-state index contributed by atoms with van der Waals surface area (Å²) in [5.74, 6) is 0.305. The van der Waals surface area contributed by atoms with Crippen molar-refractivity contribution >= 4 is 17.8 Å². The maximum Gasteiger partial charge on any atom is 0.331 e. The van der Waals surface area contributed by atoms with Gasteiger partial charge >= 0.3 is 17.8 Å². The predicted molar refractivity (Wildman–Crippen MR) is 58.8 cm³/mol. The minimum absolute atomic E-state index is 0.149. The van der Waals surface area contributed by atoms with Crippen molar-refractivity contribution in [1.82, 2.24) is 10.2 Å². The molecule has 3 rings (SSSR count). The Labute approximate surface area is 99.5 Å². The van der Waals surface area contributed by atoms with Crippen LogP contribution in [0.15, 0.2) is 0 Å². The molecule has 1 N–H and O–H groups in total. The van der Waals surface area contributed by atoms with Crippen LogP contribution in [0.1, 0.15) is 32.6 Å². The summed E-state index contributed by atoms with van der Waals surface area (Å²) in [6.45, 7) is 1.89. The van der Waals surface area contributed by atoms with E-state index >= 15 is 0 Å². The standard InChI is InChI=1S/C12H16N2O3/c1-6(9-5-7-2-3-8(9)4-7)14-11(16)10(15)13-12(14)17/h6-9H,2-5H2,1H3,(H,13,15,17)/t6-,7+,8+,9+/m0/s1. The number of rotatable bonds is 2. The van der Waals surface area contributed by atoms with Crippen molar-refractivity contribution in [2.75, 3.05) is 0 Å². The van der Waals surface area contributed by atoms with Crippen LogP contribution in [0.3, 0.4) is 0 Å². The number of nitrogens with one attached hydrogen (secondary N) is 1. The van der Waals surface area contributed by atoms with Crippen molar-refractivity contribution in [2.45, 2.75) is 38.6 Å². The van der Waals surface area contributed by atoms with Gasteiger partial charge in [-0.3, -0.25) is 19.8 Å². The van der Waals surface area contributed by atoms with Crippen molar-refractivity contribution in [1.29, 1.82) is 0 Å². The van der Waals surface area contributed by atoms with E-state index in [1.165, 1.54) is 19.3 Å².